The average Bonchev–Trinajstić information content (AvgIpc) is 3.10. The van der Waals surface area contributed by atoms with Crippen molar-refractivity contribution in [1.82, 2.24) is 9.88 Å². The molecule has 8 heteroatoms. The molecule has 128 valence electrons. The molecule has 0 atom stereocenters. The molecule has 6 nitrogen and oxygen atoms in total. The summed E-state index contributed by atoms with van der Waals surface area (Å²) < 4.78 is 5.69. The summed E-state index contributed by atoms with van der Waals surface area (Å²) >= 11 is 4.46. The van der Waals surface area contributed by atoms with Crippen molar-refractivity contribution in [2.24, 2.45) is 5.92 Å². The minimum absolute atomic E-state index is 0.0857. The third-order valence-corrected chi connectivity index (χ3v) is 5.04. The first-order chi connectivity index (χ1) is 11.5. The van der Waals surface area contributed by atoms with Crippen molar-refractivity contribution >= 4 is 44.2 Å². The number of anilines is 1. The van der Waals surface area contributed by atoms with Crippen molar-refractivity contribution in [1.29, 1.82) is 0 Å². The monoisotopic (exact) mass is 411 g/mol. The molecule has 0 bridgehead atoms. The second kappa shape index (κ2) is 7.48. The van der Waals surface area contributed by atoms with Crippen LogP contribution in [-0.4, -0.2) is 34.8 Å². The molecule has 0 aliphatic heterocycles. The molecule has 2 heterocycles. The summed E-state index contributed by atoms with van der Waals surface area (Å²) in [6.45, 7) is 3.56. The van der Waals surface area contributed by atoms with Crippen LogP contribution in [0.2, 0.25) is 0 Å². The van der Waals surface area contributed by atoms with Crippen LogP contribution in [0.3, 0.4) is 0 Å². The van der Waals surface area contributed by atoms with E-state index in [0.717, 1.165) is 13.1 Å². The first-order valence-corrected chi connectivity index (χ1v) is 9.51. The van der Waals surface area contributed by atoms with Gasteiger partial charge in [-0.25, -0.2) is 4.98 Å². The highest BCUT2D eigenvalue weighted by atomic mass is 79.9. The number of hydrogen-bond donors (Lipinski definition) is 1. The second-order valence-corrected chi connectivity index (χ2v) is 7.39. The molecule has 2 amide bonds. The molecule has 1 fully saturated rings. The molecule has 0 saturated heterocycles. The third-order valence-electron chi connectivity index (χ3n) is 3.81. The summed E-state index contributed by atoms with van der Waals surface area (Å²) in [4.78, 5) is 30.6. The van der Waals surface area contributed by atoms with E-state index in [1.54, 1.807) is 17.5 Å². The minimum Gasteiger partial charge on any atom is -0.444 e. The highest BCUT2D eigenvalue weighted by Gasteiger charge is 2.26. The Morgan fingerprint density at radius 2 is 2.25 bits per heavy atom. The van der Waals surface area contributed by atoms with Gasteiger partial charge in [0.2, 0.25) is 5.91 Å². The van der Waals surface area contributed by atoms with Crippen molar-refractivity contribution in [3.05, 3.63) is 33.6 Å². The molecule has 0 aromatic carbocycles. The first kappa shape index (κ1) is 17.2. The highest BCUT2D eigenvalue weighted by molar-refractivity contribution is 9.10. The zero-order valence-electron chi connectivity index (χ0n) is 13.3. The predicted octanol–water partition coefficient (Wildman–Crippen LogP) is 3.55. The van der Waals surface area contributed by atoms with Gasteiger partial charge in [0.1, 0.15) is 0 Å². The van der Waals surface area contributed by atoms with Crippen LogP contribution in [0.1, 0.15) is 36.0 Å². The molecule has 0 spiro atoms. The number of nitrogens with one attached hydrogen (secondary N) is 1. The summed E-state index contributed by atoms with van der Waals surface area (Å²) in [7, 11) is 0. The fourth-order valence-electron chi connectivity index (χ4n) is 2.33. The maximum atomic E-state index is 12.3. The Morgan fingerprint density at radius 3 is 2.88 bits per heavy atom. The Hall–Kier alpha value is -1.67. The van der Waals surface area contributed by atoms with Crippen LogP contribution >= 0.6 is 27.3 Å². The lowest BCUT2D eigenvalue weighted by atomic mass is 10.2. The predicted molar refractivity (Wildman–Crippen MR) is 95.2 cm³/mol. The highest BCUT2D eigenvalue weighted by Crippen LogP contribution is 2.30. The fourth-order valence-corrected chi connectivity index (χ4v) is 3.34. The van der Waals surface area contributed by atoms with Crippen LogP contribution < -0.4 is 5.32 Å². The van der Waals surface area contributed by atoms with E-state index >= 15 is 0 Å². The van der Waals surface area contributed by atoms with Crippen LogP contribution in [0.5, 0.6) is 0 Å². The van der Waals surface area contributed by atoms with Gasteiger partial charge in [-0.2, -0.15) is 0 Å². The van der Waals surface area contributed by atoms with Crippen LogP contribution in [0, 0.1) is 5.92 Å². The van der Waals surface area contributed by atoms with E-state index in [4.69, 9.17) is 4.42 Å². The van der Waals surface area contributed by atoms with Gasteiger partial charge in [0.15, 0.2) is 15.6 Å². The number of hydrogen-bond acceptors (Lipinski definition) is 5. The molecule has 1 saturated carbocycles. The zero-order valence-corrected chi connectivity index (χ0v) is 15.7. The van der Waals surface area contributed by atoms with Crippen LogP contribution in [0.4, 0.5) is 5.13 Å². The van der Waals surface area contributed by atoms with E-state index in [0.29, 0.717) is 21.4 Å². The maximum Gasteiger partial charge on any atom is 0.293 e. The van der Waals surface area contributed by atoms with Gasteiger partial charge in [0.25, 0.3) is 5.91 Å². The lowest BCUT2D eigenvalue weighted by Crippen LogP contribution is -2.33. The molecular formula is C16H18BrN3O3S. The molecule has 3 rings (SSSR count). The molecule has 0 unspecified atom stereocenters. The Morgan fingerprint density at radius 1 is 1.46 bits per heavy atom. The topological polar surface area (TPSA) is 75.4 Å². The fraction of sp³-hybridized carbons (Fsp3) is 0.438. The first-order valence-electron chi connectivity index (χ1n) is 7.84. The lowest BCUT2D eigenvalue weighted by molar-refractivity contribution is -0.130. The van der Waals surface area contributed by atoms with Gasteiger partial charge in [-0.1, -0.05) is 0 Å². The zero-order chi connectivity index (χ0) is 17.1. The van der Waals surface area contributed by atoms with Crippen molar-refractivity contribution in [2.75, 3.05) is 18.4 Å². The molecule has 2 aromatic rings. The average molecular weight is 412 g/mol. The summed E-state index contributed by atoms with van der Waals surface area (Å²) in [5.74, 6) is 0.600. The van der Waals surface area contributed by atoms with Crippen molar-refractivity contribution < 1.29 is 14.0 Å². The molecule has 24 heavy (non-hydrogen) atoms. The minimum atomic E-state index is -0.364. The summed E-state index contributed by atoms with van der Waals surface area (Å²) in [6, 6.07) is 3.23. The normalized spacial score (nSPS) is 13.8. The molecule has 0 radical (unpaired) electrons. The number of furan rings is 1. The number of halogens is 1. The number of amides is 2. The smallest absolute Gasteiger partial charge is 0.293 e. The van der Waals surface area contributed by atoms with Crippen molar-refractivity contribution in [3.63, 3.8) is 0 Å². The van der Waals surface area contributed by atoms with Gasteiger partial charge < -0.3 is 9.32 Å². The molecular weight excluding hydrogens is 394 g/mol. The van der Waals surface area contributed by atoms with E-state index in [9.17, 15) is 9.59 Å². The quantitative estimate of drug-likeness (QED) is 0.755. The maximum absolute atomic E-state index is 12.3. The van der Waals surface area contributed by atoms with Gasteiger partial charge in [-0.05, 0) is 53.7 Å². The van der Waals surface area contributed by atoms with Crippen LogP contribution in [0.25, 0.3) is 0 Å². The van der Waals surface area contributed by atoms with E-state index in [-0.39, 0.29) is 24.0 Å². The number of rotatable bonds is 7. The Kier molecular flexibility index (Phi) is 5.35. The molecule has 1 aliphatic rings. The van der Waals surface area contributed by atoms with Crippen LogP contribution in [0.15, 0.2) is 26.6 Å². The second-order valence-electron chi connectivity index (χ2n) is 5.75. The standard InChI is InChI=1S/C16H18BrN3O3S/c1-2-20(8-10-3-4-10)14(21)7-11-9-24-16(18-11)19-15(22)12-5-6-13(17)23-12/h5-6,9-10H,2-4,7-8H2,1H3,(H,18,19,22). The molecule has 2 aromatic heterocycles. The summed E-state index contributed by atoms with van der Waals surface area (Å²) in [6.07, 6.45) is 2.71. The van der Waals surface area contributed by atoms with Gasteiger partial charge in [0, 0.05) is 18.5 Å². The van der Waals surface area contributed by atoms with Gasteiger partial charge in [-0.15, -0.1) is 11.3 Å². The molecule has 1 N–H and O–H groups in total. The largest absolute Gasteiger partial charge is 0.444 e. The SMILES string of the molecule is CCN(CC1CC1)C(=O)Cc1csc(NC(=O)c2ccc(Br)o2)n1. The summed E-state index contributed by atoms with van der Waals surface area (Å²) in [5.41, 5.74) is 0.676. The van der Waals surface area contributed by atoms with E-state index < -0.39 is 0 Å². The number of carbonyl (C=O) groups excluding carboxylic acids is 2. The van der Waals surface area contributed by atoms with Crippen LogP contribution in [-0.2, 0) is 11.2 Å². The Labute approximate surface area is 152 Å². The number of nitrogens with zero attached hydrogens (tertiary/aromatic N) is 2. The Bertz CT molecular complexity index is 739. The van der Waals surface area contributed by atoms with Gasteiger partial charge in [0.05, 0.1) is 12.1 Å². The van der Waals surface area contributed by atoms with E-state index in [2.05, 4.69) is 26.2 Å². The van der Waals surface area contributed by atoms with Crippen molar-refractivity contribution in [3.8, 4) is 0 Å². The molecule has 1 aliphatic carbocycles. The van der Waals surface area contributed by atoms with Gasteiger partial charge in [-0.3, -0.25) is 14.9 Å². The van der Waals surface area contributed by atoms with Crippen molar-refractivity contribution in [2.45, 2.75) is 26.2 Å². The summed E-state index contributed by atoms with van der Waals surface area (Å²) in [5, 5.41) is 4.94. The number of thiazole rings is 1. The number of aromatic nitrogens is 1. The number of likely N-dealkylation sites (N-methyl/N-ethyl adjacent to an activating group) is 1. The lowest BCUT2D eigenvalue weighted by Gasteiger charge is -2.20. The van der Waals surface area contributed by atoms with Gasteiger partial charge >= 0.3 is 0 Å². The Balaban J connectivity index is 1.56. The van der Waals surface area contributed by atoms with E-state index in [1.807, 2.05) is 11.8 Å². The number of carbonyl (C=O) groups is 2. The van der Waals surface area contributed by atoms with E-state index in [1.165, 1.54) is 24.2 Å². The third kappa shape index (κ3) is 4.45.